The Morgan fingerprint density at radius 3 is 2.61 bits per heavy atom. The van der Waals surface area contributed by atoms with E-state index in [4.69, 9.17) is 17.3 Å². The lowest BCUT2D eigenvalue weighted by Gasteiger charge is -2.17. The van der Waals surface area contributed by atoms with E-state index in [9.17, 15) is 8.42 Å². The summed E-state index contributed by atoms with van der Waals surface area (Å²) in [7, 11) is -1.86. The van der Waals surface area contributed by atoms with E-state index >= 15 is 0 Å². The molecule has 0 bridgehead atoms. The standard InChI is InChI=1S/C12H19ClN2O2S/c1-3-4-7-15(2)18(16,17)11-5-6-12(13)10(8-11)9-14/h5-6,8H,3-4,7,9,14H2,1-2H3. The van der Waals surface area contributed by atoms with Gasteiger partial charge < -0.3 is 5.73 Å². The van der Waals surface area contributed by atoms with Gasteiger partial charge >= 0.3 is 0 Å². The molecule has 0 aliphatic rings. The number of hydrogen-bond acceptors (Lipinski definition) is 3. The molecule has 0 aliphatic carbocycles. The van der Waals surface area contributed by atoms with Gasteiger partial charge in [0.05, 0.1) is 4.90 Å². The fraction of sp³-hybridized carbons (Fsp3) is 0.500. The lowest BCUT2D eigenvalue weighted by atomic mass is 10.2. The number of rotatable bonds is 6. The second kappa shape index (κ2) is 6.52. The van der Waals surface area contributed by atoms with Crippen molar-refractivity contribution in [1.82, 2.24) is 4.31 Å². The van der Waals surface area contributed by atoms with Gasteiger partial charge in [-0.05, 0) is 30.2 Å². The highest BCUT2D eigenvalue weighted by molar-refractivity contribution is 7.89. The zero-order chi connectivity index (χ0) is 13.8. The van der Waals surface area contributed by atoms with Crippen molar-refractivity contribution in [2.45, 2.75) is 31.2 Å². The van der Waals surface area contributed by atoms with Crippen LogP contribution in [0.25, 0.3) is 0 Å². The summed E-state index contributed by atoms with van der Waals surface area (Å²) in [5.74, 6) is 0. The van der Waals surface area contributed by atoms with Crippen molar-refractivity contribution in [3.05, 3.63) is 28.8 Å². The average molecular weight is 291 g/mol. The Labute approximate surface area is 114 Å². The van der Waals surface area contributed by atoms with Crippen molar-refractivity contribution in [1.29, 1.82) is 0 Å². The number of hydrogen-bond donors (Lipinski definition) is 1. The SMILES string of the molecule is CCCCN(C)S(=O)(=O)c1ccc(Cl)c(CN)c1. The molecule has 0 spiro atoms. The van der Waals surface area contributed by atoms with Crippen molar-refractivity contribution in [2.24, 2.45) is 5.73 Å². The molecule has 0 amide bonds. The third-order valence-corrected chi connectivity index (χ3v) is 4.99. The van der Waals surface area contributed by atoms with Crippen LogP contribution in [0.1, 0.15) is 25.3 Å². The fourth-order valence-corrected chi connectivity index (χ4v) is 3.00. The summed E-state index contributed by atoms with van der Waals surface area (Å²) in [6.45, 7) is 2.76. The molecule has 2 N–H and O–H groups in total. The maximum Gasteiger partial charge on any atom is 0.242 e. The Kier molecular flexibility index (Phi) is 5.59. The van der Waals surface area contributed by atoms with Gasteiger partial charge in [-0.3, -0.25) is 0 Å². The number of unbranched alkanes of at least 4 members (excludes halogenated alkanes) is 1. The van der Waals surface area contributed by atoms with Crippen LogP contribution in [0.2, 0.25) is 5.02 Å². The van der Waals surface area contributed by atoms with Crippen molar-refractivity contribution >= 4 is 21.6 Å². The van der Waals surface area contributed by atoms with Crippen molar-refractivity contribution in [2.75, 3.05) is 13.6 Å². The van der Waals surface area contributed by atoms with Gasteiger partial charge in [0.25, 0.3) is 0 Å². The molecular weight excluding hydrogens is 272 g/mol. The second-order valence-electron chi connectivity index (χ2n) is 4.14. The minimum absolute atomic E-state index is 0.223. The molecule has 1 rings (SSSR count). The predicted molar refractivity (Wildman–Crippen MR) is 74.1 cm³/mol. The molecule has 0 heterocycles. The first-order valence-electron chi connectivity index (χ1n) is 5.88. The van der Waals surface area contributed by atoms with Gasteiger partial charge in [-0.1, -0.05) is 24.9 Å². The first-order chi connectivity index (χ1) is 8.43. The topological polar surface area (TPSA) is 63.4 Å². The van der Waals surface area contributed by atoms with Crippen LogP contribution in [0.5, 0.6) is 0 Å². The van der Waals surface area contributed by atoms with E-state index in [1.807, 2.05) is 6.92 Å². The molecule has 1 aromatic rings. The summed E-state index contributed by atoms with van der Waals surface area (Å²) in [6.07, 6.45) is 1.79. The van der Waals surface area contributed by atoms with E-state index in [1.54, 1.807) is 19.2 Å². The van der Waals surface area contributed by atoms with E-state index in [1.165, 1.54) is 10.4 Å². The van der Waals surface area contributed by atoms with Crippen LogP contribution in [-0.2, 0) is 16.6 Å². The molecule has 0 saturated carbocycles. The summed E-state index contributed by atoms with van der Waals surface area (Å²) in [5.41, 5.74) is 6.17. The molecule has 4 nitrogen and oxygen atoms in total. The number of nitrogens with two attached hydrogens (primary N) is 1. The second-order valence-corrected chi connectivity index (χ2v) is 6.59. The highest BCUT2D eigenvalue weighted by Gasteiger charge is 2.20. The minimum Gasteiger partial charge on any atom is -0.326 e. The summed E-state index contributed by atoms with van der Waals surface area (Å²) in [5, 5.41) is 0.493. The highest BCUT2D eigenvalue weighted by atomic mass is 35.5. The Balaban J connectivity index is 3.05. The van der Waals surface area contributed by atoms with E-state index in [0.717, 1.165) is 12.8 Å². The third-order valence-electron chi connectivity index (χ3n) is 2.77. The van der Waals surface area contributed by atoms with Crippen molar-refractivity contribution < 1.29 is 8.42 Å². The third kappa shape index (κ3) is 3.45. The minimum atomic E-state index is -3.44. The molecular formula is C12H19ClN2O2S. The van der Waals surface area contributed by atoms with Crippen LogP contribution in [0.15, 0.2) is 23.1 Å². The van der Waals surface area contributed by atoms with E-state index < -0.39 is 10.0 Å². The van der Waals surface area contributed by atoms with Crippen LogP contribution >= 0.6 is 11.6 Å². The molecule has 0 aromatic heterocycles. The van der Waals surface area contributed by atoms with E-state index in [0.29, 0.717) is 17.1 Å². The fourth-order valence-electron chi connectivity index (χ4n) is 1.55. The molecule has 6 heteroatoms. The Bertz CT molecular complexity index is 503. The molecule has 0 fully saturated rings. The summed E-state index contributed by atoms with van der Waals surface area (Å²) in [6, 6.07) is 4.63. The summed E-state index contributed by atoms with van der Waals surface area (Å²) in [4.78, 5) is 0.242. The first kappa shape index (κ1) is 15.4. The molecule has 0 atom stereocenters. The Morgan fingerprint density at radius 2 is 2.06 bits per heavy atom. The smallest absolute Gasteiger partial charge is 0.242 e. The van der Waals surface area contributed by atoms with Crippen LogP contribution in [0, 0.1) is 0 Å². The number of benzene rings is 1. The van der Waals surface area contributed by atoms with Gasteiger partial charge in [-0.15, -0.1) is 0 Å². The van der Waals surface area contributed by atoms with Crippen molar-refractivity contribution in [3.8, 4) is 0 Å². The lowest BCUT2D eigenvalue weighted by Crippen LogP contribution is -2.28. The van der Waals surface area contributed by atoms with E-state index in [-0.39, 0.29) is 11.4 Å². The van der Waals surface area contributed by atoms with Gasteiger partial charge in [0, 0.05) is 25.2 Å². The first-order valence-corrected chi connectivity index (χ1v) is 7.70. The molecule has 102 valence electrons. The maximum atomic E-state index is 12.3. The zero-order valence-corrected chi connectivity index (χ0v) is 12.3. The molecule has 18 heavy (non-hydrogen) atoms. The van der Waals surface area contributed by atoms with Crippen molar-refractivity contribution in [3.63, 3.8) is 0 Å². The molecule has 0 aliphatic heterocycles. The normalized spacial score (nSPS) is 12.1. The largest absolute Gasteiger partial charge is 0.326 e. The van der Waals surface area contributed by atoms with Crippen LogP contribution in [0.3, 0.4) is 0 Å². The van der Waals surface area contributed by atoms with Gasteiger partial charge in [0.2, 0.25) is 10.0 Å². The summed E-state index contributed by atoms with van der Waals surface area (Å²) >= 11 is 5.92. The quantitative estimate of drug-likeness (QED) is 0.874. The molecule has 0 radical (unpaired) electrons. The Hall–Kier alpha value is -0.620. The van der Waals surface area contributed by atoms with Crippen LogP contribution in [0.4, 0.5) is 0 Å². The van der Waals surface area contributed by atoms with Crippen LogP contribution in [-0.4, -0.2) is 26.3 Å². The molecule has 0 saturated heterocycles. The maximum absolute atomic E-state index is 12.3. The van der Waals surface area contributed by atoms with Gasteiger partial charge in [0.1, 0.15) is 0 Å². The molecule has 1 aromatic carbocycles. The highest BCUT2D eigenvalue weighted by Crippen LogP contribution is 2.22. The van der Waals surface area contributed by atoms with E-state index in [2.05, 4.69) is 0 Å². The monoisotopic (exact) mass is 290 g/mol. The lowest BCUT2D eigenvalue weighted by molar-refractivity contribution is 0.459. The number of sulfonamides is 1. The van der Waals surface area contributed by atoms with Crippen LogP contribution < -0.4 is 5.73 Å². The van der Waals surface area contributed by atoms with Gasteiger partial charge in [-0.25, -0.2) is 12.7 Å². The predicted octanol–water partition coefficient (Wildman–Crippen LogP) is 2.22. The number of halogens is 1. The average Bonchev–Trinajstić information content (AvgIpc) is 2.36. The zero-order valence-electron chi connectivity index (χ0n) is 10.7. The van der Waals surface area contributed by atoms with Gasteiger partial charge in [-0.2, -0.15) is 0 Å². The summed E-state index contributed by atoms with van der Waals surface area (Å²) < 4.78 is 25.9. The molecule has 0 unspecified atom stereocenters. The number of nitrogens with zero attached hydrogens (tertiary/aromatic N) is 1. The van der Waals surface area contributed by atoms with Gasteiger partial charge in [0.15, 0.2) is 0 Å². The Morgan fingerprint density at radius 1 is 1.39 bits per heavy atom.